The van der Waals surface area contributed by atoms with Crippen LogP contribution in [0.15, 0.2) is 12.1 Å². The van der Waals surface area contributed by atoms with Gasteiger partial charge < -0.3 is 19.7 Å². The number of likely N-dealkylation sites (N-methyl/N-ethyl adjacent to an activating group) is 1. The minimum atomic E-state index is 0.349. The van der Waals surface area contributed by atoms with Gasteiger partial charge in [-0.3, -0.25) is 0 Å². The molecular weight excluding hydrogens is 240 g/mol. The Morgan fingerprint density at radius 3 is 2.68 bits per heavy atom. The lowest BCUT2D eigenvalue weighted by atomic mass is 10.0. The third-order valence-electron chi connectivity index (χ3n) is 3.56. The third kappa shape index (κ3) is 3.85. The summed E-state index contributed by atoms with van der Waals surface area (Å²) in [6.07, 6.45) is 2.24. The highest BCUT2D eigenvalue weighted by atomic mass is 16.7. The number of ether oxygens (including phenoxy) is 2. The van der Waals surface area contributed by atoms with E-state index in [-0.39, 0.29) is 0 Å². The van der Waals surface area contributed by atoms with E-state index in [0.29, 0.717) is 6.79 Å². The Hall–Kier alpha value is -1.26. The van der Waals surface area contributed by atoms with E-state index in [1.54, 1.807) is 0 Å². The van der Waals surface area contributed by atoms with Gasteiger partial charge in [-0.2, -0.15) is 0 Å². The maximum absolute atomic E-state index is 5.44. The van der Waals surface area contributed by atoms with Crippen LogP contribution in [0.4, 0.5) is 0 Å². The fourth-order valence-corrected chi connectivity index (χ4v) is 2.30. The molecule has 0 aliphatic carbocycles. The molecule has 0 spiro atoms. The van der Waals surface area contributed by atoms with Crippen molar-refractivity contribution >= 4 is 0 Å². The van der Waals surface area contributed by atoms with Gasteiger partial charge >= 0.3 is 0 Å². The van der Waals surface area contributed by atoms with Gasteiger partial charge in [0.15, 0.2) is 11.5 Å². The number of nitrogens with zero attached hydrogens (tertiary/aromatic N) is 1. The highest BCUT2D eigenvalue weighted by Crippen LogP contribution is 2.34. The number of aryl methyl sites for hydroxylation is 1. The summed E-state index contributed by atoms with van der Waals surface area (Å²) >= 11 is 0. The number of hydrogen-bond donors (Lipinski definition) is 1. The summed E-state index contributed by atoms with van der Waals surface area (Å²) in [7, 11) is 4.17. The number of rotatable bonds is 7. The molecule has 19 heavy (non-hydrogen) atoms. The van der Waals surface area contributed by atoms with Crippen LogP contribution in [-0.4, -0.2) is 45.4 Å². The van der Waals surface area contributed by atoms with Crippen molar-refractivity contribution in [3.8, 4) is 11.5 Å². The summed E-state index contributed by atoms with van der Waals surface area (Å²) in [5.74, 6) is 1.77. The first-order valence-electron chi connectivity index (χ1n) is 6.93. The van der Waals surface area contributed by atoms with E-state index in [0.717, 1.165) is 37.6 Å². The van der Waals surface area contributed by atoms with E-state index >= 15 is 0 Å². The molecule has 0 saturated heterocycles. The predicted molar refractivity (Wildman–Crippen MR) is 77.0 cm³/mol. The molecule has 0 radical (unpaired) electrons. The zero-order chi connectivity index (χ0) is 13.7. The van der Waals surface area contributed by atoms with Gasteiger partial charge in [0.1, 0.15) is 0 Å². The number of benzene rings is 1. The van der Waals surface area contributed by atoms with Crippen molar-refractivity contribution in [1.82, 2.24) is 10.2 Å². The molecule has 0 saturated carbocycles. The molecule has 0 atom stereocenters. The van der Waals surface area contributed by atoms with Crippen LogP contribution in [-0.2, 0) is 6.42 Å². The average molecular weight is 264 g/mol. The maximum atomic E-state index is 5.44. The molecule has 0 aromatic heterocycles. The van der Waals surface area contributed by atoms with Crippen LogP contribution in [0.2, 0.25) is 0 Å². The molecule has 4 heteroatoms. The van der Waals surface area contributed by atoms with Crippen LogP contribution < -0.4 is 14.8 Å². The van der Waals surface area contributed by atoms with Crippen molar-refractivity contribution < 1.29 is 9.47 Å². The third-order valence-corrected chi connectivity index (χ3v) is 3.56. The number of hydrogen-bond acceptors (Lipinski definition) is 4. The van der Waals surface area contributed by atoms with Crippen molar-refractivity contribution in [1.29, 1.82) is 0 Å². The molecule has 1 aromatic carbocycles. The first kappa shape index (κ1) is 14.2. The van der Waals surface area contributed by atoms with Gasteiger partial charge in [0, 0.05) is 6.54 Å². The van der Waals surface area contributed by atoms with Crippen molar-refractivity contribution in [2.75, 3.05) is 40.5 Å². The molecule has 106 valence electrons. The van der Waals surface area contributed by atoms with E-state index < -0.39 is 0 Å². The topological polar surface area (TPSA) is 33.7 Å². The molecule has 0 bridgehead atoms. The minimum Gasteiger partial charge on any atom is -0.454 e. The van der Waals surface area contributed by atoms with Gasteiger partial charge in [-0.05, 0) is 70.2 Å². The lowest BCUT2D eigenvalue weighted by molar-refractivity contribution is 0.174. The summed E-state index contributed by atoms with van der Waals surface area (Å²) in [6.45, 7) is 5.77. The molecule has 1 N–H and O–H groups in total. The van der Waals surface area contributed by atoms with Gasteiger partial charge in [0.25, 0.3) is 0 Å². The molecule has 0 fully saturated rings. The lowest BCUT2D eigenvalue weighted by Crippen LogP contribution is -2.25. The summed E-state index contributed by atoms with van der Waals surface area (Å²) in [5.41, 5.74) is 2.64. The number of fused-ring (bicyclic) bond motifs is 1. The number of nitrogens with one attached hydrogen (secondary N) is 1. The van der Waals surface area contributed by atoms with Gasteiger partial charge in [0.2, 0.25) is 6.79 Å². The SMILES string of the molecule is CNCCCN(C)CCc1cc2c(cc1C)OCO2. The Balaban J connectivity index is 1.86. The monoisotopic (exact) mass is 264 g/mol. The van der Waals surface area contributed by atoms with Crippen molar-refractivity contribution in [2.24, 2.45) is 0 Å². The average Bonchev–Trinajstić information content (AvgIpc) is 2.83. The molecule has 1 aliphatic rings. The molecule has 4 nitrogen and oxygen atoms in total. The Labute approximate surface area is 115 Å². The highest BCUT2D eigenvalue weighted by Gasteiger charge is 2.15. The van der Waals surface area contributed by atoms with Crippen molar-refractivity contribution in [3.05, 3.63) is 23.3 Å². The van der Waals surface area contributed by atoms with E-state index in [1.807, 2.05) is 7.05 Å². The van der Waals surface area contributed by atoms with Crippen molar-refractivity contribution in [2.45, 2.75) is 19.8 Å². The standard InChI is InChI=1S/C15H24N2O2/c1-12-9-14-15(19-11-18-14)10-13(12)5-8-17(3)7-4-6-16-2/h9-10,16H,4-8,11H2,1-3H3. The van der Waals surface area contributed by atoms with Crippen LogP contribution >= 0.6 is 0 Å². The predicted octanol–water partition coefficient (Wildman–Crippen LogP) is 1.81. The van der Waals surface area contributed by atoms with Crippen LogP contribution in [0.25, 0.3) is 0 Å². The van der Waals surface area contributed by atoms with Gasteiger partial charge in [0.05, 0.1) is 0 Å². The Kier molecular flexibility index (Phi) is 5.05. The molecule has 1 aromatic rings. The second kappa shape index (κ2) is 6.78. The van der Waals surface area contributed by atoms with Gasteiger partial charge in [-0.15, -0.1) is 0 Å². The van der Waals surface area contributed by atoms with E-state index in [2.05, 4.69) is 36.3 Å². The van der Waals surface area contributed by atoms with E-state index in [4.69, 9.17) is 9.47 Å². The van der Waals surface area contributed by atoms with Crippen LogP contribution in [0, 0.1) is 6.92 Å². The normalized spacial score (nSPS) is 13.3. The quantitative estimate of drug-likeness (QED) is 0.762. The van der Waals surface area contributed by atoms with Crippen LogP contribution in [0.3, 0.4) is 0 Å². The Bertz CT molecular complexity index is 421. The van der Waals surface area contributed by atoms with E-state index in [1.165, 1.54) is 17.5 Å². The first-order chi connectivity index (χ1) is 9.20. The first-order valence-corrected chi connectivity index (χ1v) is 6.93. The molecule has 1 heterocycles. The second-order valence-corrected chi connectivity index (χ2v) is 5.14. The second-order valence-electron chi connectivity index (χ2n) is 5.14. The highest BCUT2D eigenvalue weighted by molar-refractivity contribution is 5.48. The fourth-order valence-electron chi connectivity index (χ4n) is 2.30. The molecule has 1 aliphatic heterocycles. The van der Waals surface area contributed by atoms with Crippen molar-refractivity contribution in [3.63, 3.8) is 0 Å². The van der Waals surface area contributed by atoms with Crippen LogP contribution in [0.1, 0.15) is 17.5 Å². The fraction of sp³-hybridized carbons (Fsp3) is 0.600. The largest absolute Gasteiger partial charge is 0.454 e. The smallest absolute Gasteiger partial charge is 0.231 e. The summed E-state index contributed by atoms with van der Waals surface area (Å²) in [6, 6.07) is 4.21. The molecule has 0 amide bonds. The van der Waals surface area contributed by atoms with E-state index in [9.17, 15) is 0 Å². The zero-order valence-corrected chi connectivity index (χ0v) is 12.2. The Morgan fingerprint density at radius 2 is 1.95 bits per heavy atom. The van der Waals surface area contributed by atoms with Gasteiger partial charge in [-0.25, -0.2) is 0 Å². The maximum Gasteiger partial charge on any atom is 0.231 e. The van der Waals surface area contributed by atoms with Crippen LogP contribution in [0.5, 0.6) is 11.5 Å². The summed E-state index contributed by atoms with van der Waals surface area (Å²) < 4.78 is 10.8. The molecular formula is C15H24N2O2. The molecule has 0 unspecified atom stereocenters. The summed E-state index contributed by atoms with van der Waals surface area (Å²) in [4.78, 5) is 2.38. The lowest BCUT2D eigenvalue weighted by Gasteiger charge is -2.17. The minimum absolute atomic E-state index is 0.349. The summed E-state index contributed by atoms with van der Waals surface area (Å²) in [5, 5.41) is 3.18. The molecule has 2 rings (SSSR count). The van der Waals surface area contributed by atoms with Gasteiger partial charge in [-0.1, -0.05) is 0 Å². The Morgan fingerprint density at radius 1 is 1.21 bits per heavy atom. The zero-order valence-electron chi connectivity index (χ0n) is 12.2.